The number of imidazole rings is 1. The summed E-state index contributed by atoms with van der Waals surface area (Å²) in [4.78, 5) is 4.11. The van der Waals surface area contributed by atoms with E-state index in [4.69, 9.17) is 0 Å². The Bertz CT molecular complexity index is 1030. The minimum atomic E-state index is -4.83. The molecule has 2 heterocycles. The Morgan fingerprint density at radius 3 is 2.48 bits per heavy atom. The third kappa shape index (κ3) is 4.22. The highest BCUT2D eigenvalue weighted by Crippen LogP contribution is 2.25. The lowest BCUT2D eigenvalue weighted by Gasteiger charge is -2.20. The van der Waals surface area contributed by atoms with Gasteiger partial charge in [-0.3, -0.25) is 0 Å². The van der Waals surface area contributed by atoms with E-state index in [2.05, 4.69) is 9.72 Å². The van der Waals surface area contributed by atoms with Gasteiger partial charge in [-0.2, -0.15) is 4.31 Å². The summed E-state index contributed by atoms with van der Waals surface area (Å²) in [7, 11) is -3.90. The molecule has 2 aromatic heterocycles. The Morgan fingerprint density at radius 1 is 1.15 bits per heavy atom. The Morgan fingerprint density at radius 2 is 1.85 bits per heavy atom. The molecule has 0 aliphatic carbocycles. The molecule has 0 atom stereocenters. The first-order chi connectivity index (χ1) is 12.7. The molecule has 0 saturated carbocycles. The third-order valence-corrected chi connectivity index (χ3v) is 5.81. The van der Waals surface area contributed by atoms with Gasteiger partial charge in [0.15, 0.2) is 0 Å². The van der Waals surface area contributed by atoms with Gasteiger partial charge in [0, 0.05) is 12.7 Å². The van der Waals surface area contributed by atoms with Gasteiger partial charge in [-0.1, -0.05) is 13.0 Å². The smallest absolute Gasteiger partial charge is 0.406 e. The van der Waals surface area contributed by atoms with E-state index in [1.165, 1.54) is 4.31 Å². The summed E-state index contributed by atoms with van der Waals surface area (Å²) in [5.74, 6) is -0.480. The summed E-state index contributed by atoms with van der Waals surface area (Å²) in [6, 6.07) is 9.56. The minimum absolute atomic E-state index is 0.0742. The molecule has 144 valence electrons. The normalized spacial score (nSPS) is 12.6. The van der Waals surface area contributed by atoms with Crippen molar-refractivity contribution in [3.8, 4) is 5.75 Å². The van der Waals surface area contributed by atoms with Gasteiger partial charge >= 0.3 is 6.36 Å². The number of sulfonamides is 1. The van der Waals surface area contributed by atoms with Crippen molar-refractivity contribution in [1.82, 2.24) is 13.7 Å². The van der Waals surface area contributed by atoms with Crippen molar-refractivity contribution < 1.29 is 26.3 Å². The highest BCUT2D eigenvalue weighted by Gasteiger charge is 2.31. The molecule has 6 nitrogen and oxygen atoms in total. The molecule has 10 heteroatoms. The number of ether oxygens (including phenoxy) is 1. The van der Waals surface area contributed by atoms with Crippen molar-refractivity contribution in [3.05, 3.63) is 60.6 Å². The topological polar surface area (TPSA) is 63.9 Å². The summed E-state index contributed by atoms with van der Waals surface area (Å²) in [5.41, 5.74) is 1.36. The van der Waals surface area contributed by atoms with Gasteiger partial charge in [-0.15, -0.1) is 13.2 Å². The highest BCUT2D eigenvalue weighted by molar-refractivity contribution is 7.89. The summed E-state index contributed by atoms with van der Waals surface area (Å²) in [5, 5.41) is 0. The van der Waals surface area contributed by atoms with Crippen molar-refractivity contribution in [2.75, 3.05) is 6.54 Å². The van der Waals surface area contributed by atoms with Crippen LogP contribution >= 0.6 is 0 Å². The predicted molar refractivity (Wildman–Crippen MR) is 91.6 cm³/mol. The molecule has 0 spiro atoms. The first-order valence-electron chi connectivity index (χ1n) is 7.97. The fourth-order valence-corrected chi connectivity index (χ4v) is 4.03. The van der Waals surface area contributed by atoms with E-state index >= 15 is 0 Å². The van der Waals surface area contributed by atoms with Crippen LogP contribution < -0.4 is 4.74 Å². The maximum absolute atomic E-state index is 12.9. The second kappa shape index (κ2) is 7.20. The highest BCUT2D eigenvalue weighted by atomic mass is 32.2. The van der Waals surface area contributed by atoms with Crippen LogP contribution in [0.5, 0.6) is 5.75 Å². The number of hydrogen-bond acceptors (Lipinski definition) is 4. The van der Waals surface area contributed by atoms with E-state index in [-0.39, 0.29) is 18.0 Å². The lowest BCUT2D eigenvalue weighted by Crippen LogP contribution is -2.31. The van der Waals surface area contributed by atoms with Crippen LogP contribution in [0.2, 0.25) is 0 Å². The van der Waals surface area contributed by atoms with E-state index < -0.39 is 22.1 Å². The molecular weight excluding hydrogens is 383 g/mol. The Labute approximate surface area is 153 Å². The number of hydrogen-bond donors (Lipinski definition) is 0. The van der Waals surface area contributed by atoms with E-state index in [0.29, 0.717) is 11.3 Å². The van der Waals surface area contributed by atoms with Crippen LogP contribution in [0.3, 0.4) is 0 Å². The Balaban J connectivity index is 1.85. The lowest BCUT2D eigenvalue weighted by atomic mass is 10.3. The zero-order chi connectivity index (χ0) is 19.7. The lowest BCUT2D eigenvalue weighted by molar-refractivity contribution is -0.274. The number of pyridine rings is 1. The monoisotopic (exact) mass is 399 g/mol. The molecule has 0 aliphatic heterocycles. The Kier molecular flexibility index (Phi) is 5.11. The molecule has 3 aromatic rings. The third-order valence-electron chi connectivity index (χ3n) is 3.88. The van der Waals surface area contributed by atoms with E-state index in [0.717, 1.165) is 24.3 Å². The fourth-order valence-electron chi connectivity index (χ4n) is 2.61. The number of rotatable bonds is 6. The van der Waals surface area contributed by atoms with Crippen LogP contribution in [-0.2, 0) is 16.6 Å². The second-order valence-corrected chi connectivity index (χ2v) is 7.57. The standard InChI is InChI=1S/C17H16F3N3O3S/c1-2-22(12-13-11-21-16-5-3-4-10-23(13)16)27(24,25)15-8-6-14(7-9-15)26-17(18,19)20/h3-11H,2,12H2,1H3. The summed E-state index contributed by atoms with van der Waals surface area (Å²) < 4.78 is 69.2. The van der Waals surface area contributed by atoms with Gasteiger partial charge in [-0.05, 0) is 36.4 Å². The van der Waals surface area contributed by atoms with Gasteiger partial charge in [0.05, 0.1) is 23.3 Å². The minimum Gasteiger partial charge on any atom is -0.406 e. The molecule has 0 unspecified atom stereocenters. The fraction of sp³-hybridized carbons (Fsp3) is 0.235. The first-order valence-corrected chi connectivity index (χ1v) is 9.41. The second-order valence-electron chi connectivity index (χ2n) is 5.63. The number of alkyl halides is 3. The van der Waals surface area contributed by atoms with E-state index in [1.807, 2.05) is 12.1 Å². The molecule has 0 N–H and O–H groups in total. The molecule has 27 heavy (non-hydrogen) atoms. The molecule has 0 saturated heterocycles. The van der Waals surface area contributed by atoms with Crippen molar-refractivity contribution >= 4 is 15.7 Å². The number of benzene rings is 1. The summed E-state index contributed by atoms with van der Waals surface area (Å²) in [6.07, 6.45) is -1.46. The summed E-state index contributed by atoms with van der Waals surface area (Å²) in [6.45, 7) is 1.94. The number of halogens is 3. The largest absolute Gasteiger partial charge is 0.573 e. The van der Waals surface area contributed by atoms with Gasteiger partial charge in [0.25, 0.3) is 0 Å². The average molecular weight is 399 g/mol. The zero-order valence-corrected chi connectivity index (χ0v) is 15.0. The Hall–Kier alpha value is -2.59. The molecule has 3 rings (SSSR count). The van der Waals surface area contributed by atoms with Gasteiger partial charge in [-0.25, -0.2) is 13.4 Å². The van der Waals surface area contributed by atoms with Crippen LogP contribution in [0.1, 0.15) is 12.6 Å². The van der Waals surface area contributed by atoms with Crippen molar-refractivity contribution in [2.24, 2.45) is 0 Å². The molecular formula is C17H16F3N3O3S. The molecule has 0 fully saturated rings. The van der Waals surface area contributed by atoms with E-state index in [9.17, 15) is 21.6 Å². The predicted octanol–water partition coefficient (Wildman–Crippen LogP) is 3.44. The van der Waals surface area contributed by atoms with Crippen LogP contribution in [0.15, 0.2) is 59.8 Å². The summed E-state index contributed by atoms with van der Waals surface area (Å²) >= 11 is 0. The van der Waals surface area contributed by atoms with Gasteiger partial charge in [0.2, 0.25) is 10.0 Å². The van der Waals surface area contributed by atoms with Crippen LogP contribution in [0.4, 0.5) is 13.2 Å². The molecule has 0 aliphatic rings. The van der Waals surface area contributed by atoms with Gasteiger partial charge in [0.1, 0.15) is 11.4 Å². The molecule has 0 radical (unpaired) electrons. The van der Waals surface area contributed by atoms with Crippen molar-refractivity contribution in [3.63, 3.8) is 0 Å². The van der Waals surface area contributed by atoms with Crippen molar-refractivity contribution in [1.29, 1.82) is 0 Å². The zero-order valence-electron chi connectivity index (χ0n) is 14.2. The maximum atomic E-state index is 12.9. The average Bonchev–Trinajstić information content (AvgIpc) is 3.01. The SMILES string of the molecule is CCN(Cc1cnc2ccccn12)S(=O)(=O)c1ccc(OC(F)(F)F)cc1. The van der Waals surface area contributed by atoms with Gasteiger partial charge < -0.3 is 9.14 Å². The number of aromatic nitrogens is 2. The van der Waals surface area contributed by atoms with Crippen LogP contribution in [0, 0.1) is 0 Å². The van der Waals surface area contributed by atoms with Crippen LogP contribution in [0.25, 0.3) is 5.65 Å². The number of nitrogens with zero attached hydrogens (tertiary/aromatic N) is 3. The number of fused-ring (bicyclic) bond motifs is 1. The van der Waals surface area contributed by atoms with Crippen molar-refractivity contribution in [2.45, 2.75) is 24.7 Å². The first kappa shape index (κ1) is 19.2. The van der Waals surface area contributed by atoms with Crippen LogP contribution in [-0.4, -0.2) is 35.0 Å². The molecule has 0 amide bonds. The quantitative estimate of drug-likeness (QED) is 0.637. The maximum Gasteiger partial charge on any atom is 0.573 e. The molecule has 0 bridgehead atoms. The van der Waals surface area contributed by atoms with E-state index in [1.54, 1.807) is 29.8 Å². The molecule has 1 aromatic carbocycles.